The number of Topliss-reactive ketones (excluding diaryl/α,β-unsaturated/α-hetero) is 1. The van der Waals surface area contributed by atoms with Crippen molar-refractivity contribution in [1.82, 2.24) is 0 Å². The Hall–Kier alpha value is -0.860. The molecule has 0 bridgehead atoms. The van der Waals surface area contributed by atoms with E-state index in [-0.39, 0.29) is 18.0 Å². The highest BCUT2D eigenvalue weighted by molar-refractivity contribution is 5.78. The lowest BCUT2D eigenvalue weighted by atomic mass is 9.96. The first-order chi connectivity index (χ1) is 8.59. The van der Waals surface area contributed by atoms with Crippen LogP contribution < -0.4 is 0 Å². The summed E-state index contributed by atoms with van der Waals surface area (Å²) < 4.78 is 5.36. The van der Waals surface area contributed by atoms with Gasteiger partial charge < -0.3 is 4.74 Å². The predicted molar refractivity (Wildman–Crippen MR) is 71.3 cm³/mol. The molecule has 0 aliphatic carbocycles. The Balaban J connectivity index is 2.47. The summed E-state index contributed by atoms with van der Waals surface area (Å²) in [6.07, 6.45) is 8.10. The molecule has 1 saturated heterocycles. The molecule has 0 spiro atoms. The quantitative estimate of drug-likeness (QED) is 0.620. The van der Waals surface area contributed by atoms with Gasteiger partial charge in [-0.2, -0.15) is 0 Å². The van der Waals surface area contributed by atoms with Gasteiger partial charge in [0.15, 0.2) is 0 Å². The molecule has 3 heteroatoms. The average molecular weight is 254 g/mol. The van der Waals surface area contributed by atoms with Gasteiger partial charge in [-0.05, 0) is 25.7 Å². The third kappa shape index (κ3) is 6.18. The Labute approximate surface area is 110 Å². The van der Waals surface area contributed by atoms with Crippen LogP contribution in [0.15, 0.2) is 0 Å². The zero-order chi connectivity index (χ0) is 13.4. The van der Waals surface area contributed by atoms with Gasteiger partial charge in [-0.25, -0.2) is 0 Å². The third-order valence-corrected chi connectivity index (χ3v) is 3.75. The topological polar surface area (TPSA) is 43.4 Å². The summed E-state index contributed by atoms with van der Waals surface area (Å²) in [5.74, 6) is 0.325. The first-order valence-electron chi connectivity index (χ1n) is 7.31. The maximum atomic E-state index is 11.7. The summed E-state index contributed by atoms with van der Waals surface area (Å²) in [6.45, 7) is 3.88. The second-order valence-corrected chi connectivity index (χ2v) is 5.54. The molecule has 1 rings (SSSR count). The number of hydrogen-bond donors (Lipinski definition) is 0. The first-order valence-corrected chi connectivity index (χ1v) is 7.31. The van der Waals surface area contributed by atoms with Crippen molar-refractivity contribution < 1.29 is 14.3 Å². The van der Waals surface area contributed by atoms with Crippen molar-refractivity contribution in [2.45, 2.75) is 77.7 Å². The van der Waals surface area contributed by atoms with E-state index in [9.17, 15) is 9.59 Å². The van der Waals surface area contributed by atoms with Crippen LogP contribution in [0.4, 0.5) is 0 Å². The molecule has 0 saturated carbocycles. The van der Waals surface area contributed by atoms with Crippen molar-refractivity contribution in [2.75, 3.05) is 0 Å². The van der Waals surface area contributed by atoms with Gasteiger partial charge in [-0.3, -0.25) is 9.59 Å². The smallest absolute Gasteiger partial charge is 0.306 e. The Morgan fingerprint density at radius 2 is 1.44 bits per heavy atom. The van der Waals surface area contributed by atoms with E-state index in [4.69, 9.17) is 4.74 Å². The van der Waals surface area contributed by atoms with Crippen LogP contribution >= 0.6 is 0 Å². The number of esters is 1. The largest absolute Gasteiger partial charge is 0.462 e. The van der Waals surface area contributed by atoms with Crippen LogP contribution in [-0.4, -0.2) is 17.9 Å². The zero-order valence-electron chi connectivity index (χ0n) is 11.7. The molecule has 0 unspecified atom stereocenters. The molecule has 0 amide bonds. The molecule has 18 heavy (non-hydrogen) atoms. The van der Waals surface area contributed by atoms with E-state index in [0.29, 0.717) is 25.0 Å². The van der Waals surface area contributed by atoms with Crippen LogP contribution in [0.5, 0.6) is 0 Å². The van der Waals surface area contributed by atoms with Crippen molar-refractivity contribution in [3.63, 3.8) is 0 Å². The Morgan fingerprint density at radius 3 is 2.11 bits per heavy atom. The van der Waals surface area contributed by atoms with E-state index >= 15 is 0 Å². The highest BCUT2D eigenvalue weighted by Gasteiger charge is 2.19. The van der Waals surface area contributed by atoms with Gasteiger partial charge in [0.1, 0.15) is 11.9 Å². The zero-order valence-corrected chi connectivity index (χ0v) is 11.7. The van der Waals surface area contributed by atoms with E-state index in [1.807, 2.05) is 13.8 Å². The lowest BCUT2D eigenvalue weighted by Gasteiger charge is -2.20. The third-order valence-electron chi connectivity index (χ3n) is 3.75. The Kier molecular flexibility index (Phi) is 6.99. The summed E-state index contributed by atoms with van der Waals surface area (Å²) in [5, 5.41) is 0. The van der Waals surface area contributed by atoms with Gasteiger partial charge in [-0.1, -0.05) is 32.6 Å². The highest BCUT2D eigenvalue weighted by atomic mass is 16.5. The van der Waals surface area contributed by atoms with Crippen LogP contribution in [0.3, 0.4) is 0 Å². The minimum absolute atomic E-state index is 0.112. The van der Waals surface area contributed by atoms with E-state index < -0.39 is 0 Å². The normalized spacial score (nSPS) is 29.4. The molecule has 104 valence electrons. The molecule has 1 fully saturated rings. The summed E-state index contributed by atoms with van der Waals surface area (Å²) in [4.78, 5) is 23.3. The van der Waals surface area contributed by atoms with Crippen LogP contribution in [0.2, 0.25) is 0 Å². The van der Waals surface area contributed by atoms with Crippen molar-refractivity contribution in [2.24, 2.45) is 5.92 Å². The fraction of sp³-hybridized carbons (Fsp3) is 0.867. The number of hydrogen-bond acceptors (Lipinski definition) is 3. The minimum atomic E-state index is -0.149. The molecular formula is C15H26O3. The molecular weight excluding hydrogens is 228 g/mol. The monoisotopic (exact) mass is 254 g/mol. The molecule has 3 nitrogen and oxygen atoms in total. The first kappa shape index (κ1) is 15.2. The van der Waals surface area contributed by atoms with E-state index in [1.54, 1.807) is 0 Å². The molecule has 2 atom stereocenters. The van der Waals surface area contributed by atoms with Crippen LogP contribution in [0.1, 0.15) is 71.6 Å². The van der Waals surface area contributed by atoms with Crippen LogP contribution in [0, 0.1) is 5.92 Å². The van der Waals surface area contributed by atoms with Crippen LogP contribution in [-0.2, 0) is 14.3 Å². The fourth-order valence-corrected chi connectivity index (χ4v) is 2.31. The fourth-order valence-electron chi connectivity index (χ4n) is 2.31. The molecule has 0 aromatic carbocycles. The number of rotatable bonds is 0. The minimum Gasteiger partial charge on any atom is -0.462 e. The van der Waals surface area contributed by atoms with Gasteiger partial charge >= 0.3 is 5.97 Å². The molecule has 0 aromatic rings. The lowest BCUT2D eigenvalue weighted by molar-refractivity contribution is -0.151. The number of cyclic esters (lactones) is 1. The SMILES string of the molecule is C[C@@H]1OC(=O)CCCCCCCCC(=O)C[C@@H]1C. The Morgan fingerprint density at radius 1 is 0.889 bits per heavy atom. The number of ether oxygens (including phenoxy) is 1. The molecule has 0 N–H and O–H groups in total. The van der Waals surface area contributed by atoms with Gasteiger partial charge in [0, 0.05) is 19.3 Å². The van der Waals surface area contributed by atoms with Crippen molar-refractivity contribution in [3.05, 3.63) is 0 Å². The van der Waals surface area contributed by atoms with E-state index in [2.05, 4.69) is 0 Å². The highest BCUT2D eigenvalue weighted by Crippen LogP contribution is 2.17. The van der Waals surface area contributed by atoms with Crippen molar-refractivity contribution in [1.29, 1.82) is 0 Å². The average Bonchev–Trinajstić information content (AvgIpc) is 2.31. The number of carbonyl (C=O) groups is 2. The van der Waals surface area contributed by atoms with Gasteiger partial charge in [0.05, 0.1) is 0 Å². The standard InChI is InChI=1S/C15H26O3/c1-12-11-14(16)9-7-5-3-4-6-8-10-15(17)18-13(12)2/h12-13H,3-11H2,1-2H3/t12-,13-/m0/s1. The summed E-state index contributed by atoms with van der Waals surface area (Å²) >= 11 is 0. The summed E-state index contributed by atoms with van der Waals surface area (Å²) in [7, 11) is 0. The number of carbonyl (C=O) groups excluding carboxylic acids is 2. The van der Waals surface area contributed by atoms with Gasteiger partial charge in [0.25, 0.3) is 0 Å². The molecule has 1 heterocycles. The maximum Gasteiger partial charge on any atom is 0.306 e. The second-order valence-electron chi connectivity index (χ2n) is 5.54. The second kappa shape index (κ2) is 8.28. The molecule has 0 radical (unpaired) electrons. The van der Waals surface area contributed by atoms with E-state index in [0.717, 1.165) is 32.1 Å². The van der Waals surface area contributed by atoms with E-state index in [1.165, 1.54) is 6.42 Å². The molecule has 1 aliphatic heterocycles. The Bertz CT molecular complexity index is 245. The lowest BCUT2D eigenvalue weighted by Crippen LogP contribution is -2.24. The predicted octanol–water partition coefficient (Wildman–Crippen LogP) is 3.65. The maximum absolute atomic E-state index is 11.7. The van der Waals surface area contributed by atoms with Gasteiger partial charge in [0.2, 0.25) is 0 Å². The summed E-state index contributed by atoms with van der Waals surface area (Å²) in [6, 6.07) is 0. The van der Waals surface area contributed by atoms with Gasteiger partial charge in [-0.15, -0.1) is 0 Å². The van der Waals surface area contributed by atoms with Crippen molar-refractivity contribution in [3.8, 4) is 0 Å². The molecule has 1 aliphatic rings. The van der Waals surface area contributed by atoms with Crippen LogP contribution in [0.25, 0.3) is 0 Å². The number of ketones is 1. The van der Waals surface area contributed by atoms with Crippen molar-refractivity contribution >= 4 is 11.8 Å². The molecule has 0 aromatic heterocycles. The summed E-state index contributed by atoms with van der Waals surface area (Å²) in [5.41, 5.74) is 0.